The van der Waals surface area contributed by atoms with E-state index in [2.05, 4.69) is 4.98 Å². The number of hydrogen-bond acceptors (Lipinski definition) is 3. The van der Waals surface area contributed by atoms with E-state index in [-0.39, 0.29) is 12.5 Å². The van der Waals surface area contributed by atoms with Gasteiger partial charge in [-0.15, -0.1) is 0 Å². The Morgan fingerprint density at radius 1 is 1.40 bits per heavy atom. The monoisotopic (exact) mass is 273 g/mol. The van der Waals surface area contributed by atoms with Gasteiger partial charge in [0.15, 0.2) is 0 Å². The zero-order chi connectivity index (χ0) is 14.3. The first-order valence-corrected chi connectivity index (χ1v) is 6.44. The van der Waals surface area contributed by atoms with Gasteiger partial charge in [-0.25, -0.2) is 4.98 Å². The normalized spacial score (nSPS) is 22.4. The van der Waals surface area contributed by atoms with Crippen LogP contribution in [0.1, 0.15) is 23.7 Å². The standard InChI is InChI=1S/C14H15N3O3/c1-14(13(19)20)4-5-16(8-14)12(18)10-2-3-11-6-15-9-17(11)7-10/h2-3,6-7,9H,4-5,8H2,1H3,(H,19,20). The van der Waals surface area contributed by atoms with Crippen molar-refractivity contribution in [3.8, 4) is 0 Å². The van der Waals surface area contributed by atoms with E-state index >= 15 is 0 Å². The number of imidazole rings is 1. The molecule has 6 nitrogen and oxygen atoms in total. The molecule has 2 aromatic rings. The molecule has 6 heteroatoms. The maximum absolute atomic E-state index is 12.4. The van der Waals surface area contributed by atoms with Crippen molar-refractivity contribution in [1.29, 1.82) is 0 Å². The predicted octanol–water partition coefficient (Wildman–Crippen LogP) is 1.27. The van der Waals surface area contributed by atoms with Gasteiger partial charge in [-0.05, 0) is 25.5 Å². The molecule has 1 amide bonds. The molecule has 1 fully saturated rings. The van der Waals surface area contributed by atoms with Crippen molar-refractivity contribution in [2.24, 2.45) is 5.41 Å². The average Bonchev–Trinajstić information content (AvgIpc) is 3.04. The van der Waals surface area contributed by atoms with Crippen LogP contribution in [0.15, 0.2) is 30.9 Å². The molecule has 1 saturated heterocycles. The fourth-order valence-corrected chi connectivity index (χ4v) is 2.54. The highest BCUT2D eigenvalue weighted by Gasteiger charge is 2.42. The van der Waals surface area contributed by atoms with Gasteiger partial charge in [-0.3, -0.25) is 9.59 Å². The molecule has 0 aliphatic carbocycles. The average molecular weight is 273 g/mol. The van der Waals surface area contributed by atoms with E-state index in [9.17, 15) is 14.7 Å². The van der Waals surface area contributed by atoms with E-state index in [0.29, 0.717) is 18.5 Å². The lowest BCUT2D eigenvalue weighted by Crippen LogP contribution is -2.34. The Kier molecular flexibility index (Phi) is 2.74. The predicted molar refractivity (Wildman–Crippen MR) is 71.5 cm³/mol. The second-order valence-corrected chi connectivity index (χ2v) is 5.49. The fourth-order valence-electron chi connectivity index (χ4n) is 2.54. The molecule has 20 heavy (non-hydrogen) atoms. The van der Waals surface area contributed by atoms with E-state index < -0.39 is 11.4 Å². The largest absolute Gasteiger partial charge is 0.481 e. The summed E-state index contributed by atoms with van der Waals surface area (Å²) >= 11 is 0. The van der Waals surface area contributed by atoms with Gasteiger partial charge in [0.25, 0.3) is 5.91 Å². The number of carbonyl (C=O) groups is 2. The van der Waals surface area contributed by atoms with E-state index in [1.165, 1.54) is 0 Å². The third kappa shape index (κ3) is 1.93. The van der Waals surface area contributed by atoms with Gasteiger partial charge < -0.3 is 14.4 Å². The molecule has 3 heterocycles. The number of carboxylic acid groups (broad SMARTS) is 1. The third-order valence-electron chi connectivity index (χ3n) is 3.93. The number of pyridine rings is 1. The number of likely N-dealkylation sites (tertiary alicyclic amines) is 1. The molecule has 0 bridgehead atoms. The van der Waals surface area contributed by atoms with Crippen molar-refractivity contribution < 1.29 is 14.7 Å². The Morgan fingerprint density at radius 3 is 2.90 bits per heavy atom. The minimum absolute atomic E-state index is 0.134. The van der Waals surface area contributed by atoms with E-state index in [4.69, 9.17) is 0 Å². The molecule has 3 rings (SSSR count). The molecule has 1 aliphatic heterocycles. The molecule has 1 N–H and O–H groups in total. The Hall–Kier alpha value is -2.37. The Balaban J connectivity index is 1.84. The van der Waals surface area contributed by atoms with Crippen LogP contribution < -0.4 is 0 Å². The van der Waals surface area contributed by atoms with Crippen molar-refractivity contribution in [2.45, 2.75) is 13.3 Å². The summed E-state index contributed by atoms with van der Waals surface area (Å²) < 4.78 is 1.78. The van der Waals surface area contributed by atoms with Crippen LogP contribution in [0.2, 0.25) is 0 Å². The van der Waals surface area contributed by atoms with Crippen LogP contribution >= 0.6 is 0 Å². The molecule has 1 atom stereocenters. The smallest absolute Gasteiger partial charge is 0.311 e. The highest BCUT2D eigenvalue weighted by atomic mass is 16.4. The summed E-state index contributed by atoms with van der Waals surface area (Å²) in [5.41, 5.74) is 0.623. The number of aromatic nitrogens is 2. The maximum Gasteiger partial charge on any atom is 0.311 e. The lowest BCUT2D eigenvalue weighted by atomic mass is 9.90. The van der Waals surface area contributed by atoms with Gasteiger partial charge >= 0.3 is 5.97 Å². The lowest BCUT2D eigenvalue weighted by Gasteiger charge is -2.20. The summed E-state index contributed by atoms with van der Waals surface area (Å²) in [6.07, 6.45) is 5.56. The van der Waals surface area contributed by atoms with E-state index in [0.717, 1.165) is 5.52 Å². The van der Waals surface area contributed by atoms with Gasteiger partial charge in [-0.2, -0.15) is 0 Å². The van der Waals surface area contributed by atoms with Crippen molar-refractivity contribution in [3.63, 3.8) is 0 Å². The van der Waals surface area contributed by atoms with Crippen LogP contribution in [-0.2, 0) is 4.79 Å². The van der Waals surface area contributed by atoms with Crippen LogP contribution in [0.25, 0.3) is 5.52 Å². The van der Waals surface area contributed by atoms with Crippen molar-refractivity contribution in [2.75, 3.05) is 13.1 Å². The minimum Gasteiger partial charge on any atom is -0.481 e. The molecule has 0 radical (unpaired) electrons. The second kappa shape index (κ2) is 4.33. The highest BCUT2D eigenvalue weighted by molar-refractivity contribution is 5.95. The molecular formula is C14H15N3O3. The highest BCUT2D eigenvalue weighted by Crippen LogP contribution is 2.31. The van der Waals surface area contributed by atoms with E-state index in [1.54, 1.807) is 41.0 Å². The topological polar surface area (TPSA) is 74.9 Å². The summed E-state index contributed by atoms with van der Waals surface area (Å²) in [5, 5.41) is 9.21. The zero-order valence-corrected chi connectivity index (χ0v) is 11.1. The molecule has 2 aromatic heterocycles. The van der Waals surface area contributed by atoms with Crippen LogP contribution in [0.3, 0.4) is 0 Å². The number of carbonyl (C=O) groups excluding carboxylic acids is 1. The van der Waals surface area contributed by atoms with Crippen LogP contribution in [0.4, 0.5) is 0 Å². The quantitative estimate of drug-likeness (QED) is 0.894. The summed E-state index contributed by atoms with van der Waals surface area (Å²) in [7, 11) is 0. The molecule has 0 spiro atoms. The summed E-state index contributed by atoms with van der Waals surface area (Å²) in [6, 6.07) is 3.57. The first kappa shape index (κ1) is 12.7. The molecule has 1 aliphatic rings. The first-order valence-electron chi connectivity index (χ1n) is 6.44. The molecule has 0 saturated carbocycles. The second-order valence-electron chi connectivity index (χ2n) is 5.49. The molecule has 1 unspecified atom stereocenters. The lowest BCUT2D eigenvalue weighted by molar-refractivity contribution is -0.147. The van der Waals surface area contributed by atoms with Crippen molar-refractivity contribution >= 4 is 17.4 Å². The zero-order valence-electron chi connectivity index (χ0n) is 11.1. The van der Waals surface area contributed by atoms with Gasteiger partial charge in [0, 0.05) is 19.3 Å². The summed E-state index contributed by atoms with van der Waals surface area (Å²) in [4.78, 5) is 29.2. The number of amides is 1. The summed E-state index contributed by atoms with van der Waals surface area (Å²) in [6.45, 7) is 2.41. The molecule has 0 aromatic carbocycles. The number of carboxylic acids is 1. The van der Waals surface area contributed by atoms with Crippen LogP contribution in [-0.4, -0.2) is 44.4 Å². The molecule has 104 valence electrons. The van der Waals surface area contributed by atoms with Crippen molar-refractivity contribution in [1.82, 2.24) is 14.3 Å². The third-order valence-corrected chi connectivity index (χ3v) is 3.93. The Morgan fingerprint density at radius 2 is 2.20 bits per heavy atom. The van der Waals surface area contributed by atoms with Crippen LogP contribution in [0.5, 0.6) is 0 Å². The van der Waals surface area contributed by atoms with Gasteiger partial charge in [0.1, 0.15) is 0 Å². The van der Waals surface area contributed by atoms with E-state index in [1.807, 2.05) is 6.07 Å². The van der Waals surface area contributed by atoms with Gasteiger partial charge in [0.05, 0.1) is 29.0 Å². The maximum atomic E-state index is 12.4. The Labute approximate surface area is 115 Å². The van der Waals surface area contributed by atoms with Crippen molar-refractivity contribution in [3.05, 3.63) is 36.4 Å². The number of aliphatic carboxylic acids is 1. The number of hydrogen-bond donors (Lipinski definition) is 1. The SMILES string of the molecule is CC1(C(=O)O)CCN(C(=O)c2ccc3cncn3c2)C1. The van der Waals surface area contributed by atoms with Crippen LogP contribution in [0, 0.1) is 5.41 Å². The first-order chi connectivity index (χ1) is 9.49. The summed E-state index contributed by atoms with van der Waals surface area (Å²) in [5.74, 6) is -0.983. The minimum atomic E-state index is -0.849. The number of rotatable bonds is 2. The molecular weight excluding hydrogens is 258 g/mol. The number of nitrogens with zero attached hydrogens (tertiary/aromatic N) is 3. The van der Waals surface area contributed by atoms with Gasteiger partial charge in [0.2, 0.25) is 0 Å². The number of fused-ring (bicyclic) bond motifs is 1. The Bertz CT molecular complexity index is 694. The van der Waals surface area contributed by atoms with Gasteiger partial charge in [-0.1, -0.05) is 0 Å². The fraction of sp³-hybridized carbons (Fsp3) is 0.357.